The van der Waals surface area contributed by atoms with Crippen LogP contribution in [0.5, 0.6) is 0 Å². The molecule has 8 heteroatoms. The lowest BCUT2D eigenvalue weighted by molar-refractivity contribution is 0.0952. The first-order valence-electron chi connectivity index (χ1n) is 12.4. The van der Waals surface area contributed by atoms with Gasteiger partial charge in [-0.15, -0.1) is 0 Å². The summed E-state index contributed by atoms with van der Waals surface area (Å²) in [5.41, 5.74) is 5.05. The van der Waals surface area contributed by atoms with Crippen molar-refractivity contribution in [3.8, 4) is 11.3 Å². The quantitative estimate of drug-likeness (QED) is 0.200. The van der Waals surface area contributed by atoms with Crippen LogP contribution in [0.1, 0.15) is 21.5 Å². The number of hydrogen-bond donors (Lipinski definition) is 2. The molecule has 0 atom stereocenters. The lowest BCUT2D eigenvalue weighted by Gasteiger charge is -2.13. The van der Waals surface area contributed by atoms with Gasteiger partial charge in [-0.3, -0.25) is 4.79 Å². The maximum atomic E-state index is 13.0. The third-order valence-electron chi connectivity index (χ3n) is 6.53. The van der Waals surface area contributed by atoms with Crippen molar-refractivity contribution < 1.29 is 4.79 Å². The molecule has 2 N–H and O–H groups in total. The highest BCUT2D eigenvalue weighted by Crippen LogP contribution is 2.30. The van der Waals surface area contributed by atoms with Crippen molar-refractivity contribution in [3.05, 3.63) is 129 Å². The third-order valence-corrected chi connectivity index (χ3v) is 7.42. The summed E-state index contributed by atoms with van der Waals surface area (Å²) in [4.78, 5) is 17.7. The van der Waals surface area contributed by atoms with Gasteiger partial charge in [-0.05, 0) is 50.0 Å². The molecule has 0 radical (unpaired) electrons. The second-order valence-electron chi connectivity index (χ2n) is 9.12. The van der Waals surface area contributed by atoms with Crippen LogP contribution in [0.15, 0.2) is 108 Å². The maximum absolute atomic E-state index is 13.0. The average Bonchev–Trinajstić information content (AvgIpc) is 3.35. The first-order valence-corrected chi connectivity index (χ1v) is 13.6. The maximum Gasteiger partial charge on any atom is 0.252 e. The summed E-state index contributed by atoms with van der Waals surface area (Å²) < 4.78 is 2.56. The van der Waals surface area contributed by atoms with Gasteiger partial charge in [0.25, 0.3) is 5.91 Å². The molecule has 4 aromatic carbocycles. The van der Waals surface area contributed by atoms with Crippen LogP contribution in [0, 0.1) is 0 Å². The number of carbonyl (C=O) groups is 1. The number of nitrogens with zero attached hydrogens (tertiary/aromatic N) is 3. The number of fused-ring (bicyclic) bond motifs is 2. The van der Waals surface area contributed by atoms with Gasteiger partial charge in [0, 0.05) is 35.3 Å². The topological polar surface area (TPSA) is 71.3 Å². The summed E-state index contributed by atoms with van der Waals surface area (Å²) in [6, 6.07) is 31.4. The molecule has 2 aromatic heterocycles. The van der Waals surface area contributed by atoms with Crippen molar-refractivity contribution in [2.45, 2.75) is 13.1 Å². The van der Waals surface area contributed by atoms with Crippen LogP contribution in [-0.2, 0) is 13.1 Å². The number of halogens is 2. The van der Waals surface area contributed by atoms with E-state index in [0.717, 1.165) is 43.4 Å². The van der Waals surface area contributed by atoms with Crippen molar-refractivity contribution in [3.63, 3.8) is 0 Å². The molecule has 0 aliphatic heterocycles. The van der Waals surface area contributed by atoms with Gasteiger partial charge < -0.3 is 10.6 Å². The Labute approximate surface area is 238 Å². The van der Waals surface area contributed by atoms with Crippen molar-refractivity contribution in [2.75, 3.05) is 5.32 Å². The standard InChI is InChI=1S/C31H23BrClN5O/c32-26-19-36-38-29(16-28(37-30(26)38)25-12-3-4-14-27(25)33)34-17-20-7-5-8-21(15-20)18-35-31(39)24-13-6-10-22-9-1-2-11-23(22)24/h1-16,19,34H,17-18H2,(H,35,39). The third kappa shape index (κ3) is 5.24. The minimum Gasteiger partial charge on any atom is -0.366 e. The van der Waals surface area contributed by atoms with Crippen LogP contribution in [0.25, 0.3) is 27.7 Å². The normalized spacial score (nSPS) is 11.1. The predicted molar refractivity (Wildman–Crippen MR) is 160 cm³/mol. The number of nitrogens with one attached hydrogen (secondary N) is 2. The lowest BCUT2D eigenvalue weighted by Crippen LogP contribution is -2.23. The molecule has 0 fully saturated rings. The van der Waals surface area contributed by atoms with Crippen LogP contribution in [-0.4, -0.2) is 20.5 Å². The second-order valence-corrected chi connectivity index (χ2v) is 10.4. The highest BCUT2D eigenvalue weighted by molar-refractivity contribution is 9.10. The molecule has 0 spiro atoms. The highest BCUT2D eigenvalue weighted by atomic mass is 79.9. The van der Waals surface area contributed by atoms with Gasteiger partial charge in [-0.25, -0.2) is 4.98 Å². The SMILES string of the molecule is O=C(NCc1cccc(CNc2cc(-c3ccccc3Cl)nc3c(Br)cnn23)c1)c1cccc2ccccc12. The molecule has 0 aliphatic rings. The molecule has 39 heavy (non-hydrogen) atoms. The highest BCUT2D eigenvalue weighted by Gasteiger charge is 2.14. The Morgan fingerprint density at radius 3 is 2.49 bits per heavy atom. The van der Waals surface area contributed by atoms with Gasteiger partial charge in [-0.2, -0.15) is 9.61 Å². The fraction of sp³-hybridized carbons (Fsp3) is 0.0645. The average molecular weight is 597 g/mol. The number of aromatic nitrogens is 3. The molecule has 2 heterocycles. The zero-order valence-corrected chi connectivity index (χ0v) is 23.1. The first-order chi connectivity index (χ1) is 19.1. The predicted octanol–water partition coefficient (Wildman–Crippen LogP) is 7.51. The number of benzene rings is 4. The van der Waals surface area contributed by atoms with Crippen LogP contribution >= 0.6 is 27.5 Å². The van der Waals surface area contributed by atoms with E-state index in [0.29, 0.717) is 29.3 Å². The fourth-order valence-electron chi connectivity index (χ4n) is 4.61. The Bertz CT molecular complexity index is 1830. The molecule has 0 aliphatic carbocycles. The van der Waals surface area contributed by atoms with Gasteiger partial charge in [0.15, 0.2) is 5.65 Å². The van der Waals surface area contributed by atoms with Gasteiger partial charge in [0.05, 0.1) is 16.4 Å². The molecule has 192 valence electrons. The summed E-state index contributed by atoms with van der Waals surface area (Å²) in [7, 11) is 0. The summed E-state index contributed by atoms with van der Waals surface area (Å²) in [6.45, 7) is 0.988. The number of carbonyl (C=O) groups excluding carboxylic acids is 1. The van der Waals surface area contributed by atoms with E-state index in [2.05, 4.69) is 43.8 Å². The molecule has 6 nitrogen and oxygen atoms in total. The molecular weight excluding hydrogens is 574 g/mol. The van der Waals surface area contributed by atoms with E-state index < -0.39 is 0 Å². The minimum atomic E-state index is -0.0918. The molecule has 6 aromatic rings. The Morgan fingerprint density at radius 2 is 1.62 bits per heavy atom. The Morgan fingerprint density at radius 1 is 0.872 bits per heavy atom. The number of hydrogen-bond acceptors (Lipinski definition) is 4. The largest absolute Gasteiger partial charge is 0.366 e. The molecule has 6 rings (SSSR count). The molecular formula is C31H23BrClN5O. The summed E-state index contributed by atoms with van der Waals surface area (Å²) in [5.74, 6) is 0.696. The summed E-state index contributed by atoms with van der Waals surface area (Å²) in [6.07, 6.45) is 1.73. The van der Waals surface area contributed by atoms with Gasteiger partial charge in [0.2, 0.25) is 0 Å². The van der Waals surface area contributed by atoms with Crippen LogP contribution in [0.2, 0.25) is 5.02 Å². The smallest absolute Gasteiger partial charge is 0.252 e. The fourth-order valence-corrected chi connectivity index (χ4v) is 5.19. The van der Waals surface area contributed by atoms with E-state index >= 15 is 0 Å². The molecule has 0 saturated carbocycles. The number of amides is 1. The van der Waals surface area contributed by atoms with E-state index in [1.807, 2.05) is 84.9 Å². The molecule has 0 bridgehead atoms. The van der Waals surface area contributed by atoms with E-state index in [4.69, 9.17) is 16.6 Å². The second kappa shape index (κ2) is 10.9. The Kier molecular flexibility index (Phi) is 7.00. The molecule has 0 unspecified atom stereocenters. The summed E-state index contributed by atoms with van der Waals surface area (Å²) in [5, 5.41) is 13.7. The monoisotopic (exact) mass is 595 g/mol. The van der Waals surface area contributed by atoms with Gasteiger partial charge >= 0.3 is 0 Å². The van der Waals surface area contributed by atoms with E-state index in [1.165, 1.54) is 0 Å². The van der Waals surface area contributed by atoms with Crippen LogP contribution in [0.3, 0.4) is 0 Å². The molecule has 0 saturated heterocycles. The lowest BCUT2D eigenvalue weighted by atomic mass is 10.0. The van der Waals surface area contributed by atoms with Crippen molar-refractivity contribution in [1.82, 2.24) is 19.9 Å². The number of rotatable bonds is 7. The van der Waals surface area contributed by atoms with Gasteiger partial charge in [-0.1, -0.05) is 90.5 Å². The van der Waals surface area contributed by atoms with Gasteiger partial charge in [0.1, 0.15) is 5.82 Å². The van der Waals surface area contributed by atoms with Crippen molar-refractivity contribution in [2.24, 2.45) is 0 Å². The van der Waals surface area contributed by atoms with E-state index in [1.54, 1.807) is 10.7 Å². The Hall–Kier alpha value is -4.20. The molecule has 1 amide bonds. The number of anilines is 1. The van der Waals surface area contributed by atoms with Crippen molar-refractivity contribution in [1.29, 1.82) is 0 Å². The Balaban J connectivity index is 1.19. The first kappa shape index (κ1) is 25.1. The van der Waals surface area contributed by atoms with E-state index in [-0.39, 0.29) is 5.91 Å². The zero-order chi connectivity index (χ0) is 26.8. The van der Waals surface area contributed by atoms with Crippen LogP contribution < -0.4 is 10.6 Å². The zero-order valence-electron chi connectivity index (χ0n) is 20.7. The van der Waals surface area contributed by atoms with Crippen molar-refractivity contribution >= 4 is 55.7 Å². The summed E-state index contributed by atoms with van der Waals surface area (Å²) >= 11 is 10.0. The van der Waals surface area contributed by atoms with Crippen LogP contribution in [0.4, 0.5) is 5.82 Å². The minimum absolute atomic E-state index is 0.0918. The van der Waals surface area contributed by atoms with E-state index in [9.17, 15) is 4.79 Å².